The summed E-state index contributed by atoms with van der Waals surface area (Å²) in [7, 11) is 0. The number of hydrogen-bond acceptors (Lipinski definition) is 5. The average Bonchev–Trinajstić information content (AvgIpc) is 3.18. The van der Waals surface area contributed by atoms with Gasteiger partial charge in [0.15, 0.2) is 5.82 Å². The molecule has 8 heteroatoms. The molecule has 0 saturated carbocycles. The topological polar surface area (TPSA) is 64.1 Å². The van der Waals surface area contributed by atoms with E-state index < -0.39 is 0 Å². The van der Waals surface area contributed by atoms with Crippen LogP contribution in [0.4, 0.5) is 14.5 Å². The third kappa shape index (κ3) is 5.03. The number of amides is 1. The highest BCUT2D eigenvalue weighted by Crippen LogP contribution is 2.24. The third-order valence-corrected chi connectivity index (χ3v) is 4.78. The van der Waals surface area contributed by atoms with Gasteiger partial charge in [-0.1, -0.05) is 12.1 Å². The smallest absolute Gasteiger partial charge is 0.298 e. The molecule has 0 atom stereocenters. The van der Waals surface area contributed by atoms with Gasteiger partial charge in [-0.2, -0.15) is 9.36 Å². The van der Waals surface area contributed by atoms with Crippen molar-refractivity contribution in [1.29, 1.82) is 0 Å². The van der Waals surface area contributed by atoms with Crippen LogP contribution in [0.15, 0.2) is 72.8 Å². The third-order valence-electron chi connectivity index (χ3n) is 4.15. The minimum Gasteiger partial charge on any atom is -0.430 e. The minimum absolute atomic E-state index is 0.288. The lowest BCUT2D eigenvalue weighted by Gasteiger charge is -2.06. The standard InChI is InChI=1S/C22H15F2N3O2S/c23-16-5-1-14(2-6-16)13-20-26-22(30-27-20)29-19-11-3-15(4-12-19)21(28)25-18-9-7-17(24)8-10-18/h1-12H,13H2,(H,25,28). The number of nitrogens with one attached hydrogen (secondary N) is 1. The molecule has 0 fully saturated rings. The van der Waals surface area contributed by atoms with E-state index in [0.717, 1.165) is 17.1 Å². The molecule has 150 valence electrons. The molecule has 0 saturated heterocycles. The molecule has 0 aliphatic rings. The summed E-state index contributed by atoms with van der Waals surface area (Å²) in [5, 5.41) is 3.07. The van der Waals surface area contributed by atoms with E-state index in [-0.39, 0.29) is 17.5 Å². The zero-order chi connectivity index (χ0) is 20.9. The van der Waals surface area contributed by atoms with E-state index >= 15 is 0 Å². The second-order valence-electron chi connectivity index (χ2n) is 6.37. The molecule has 0 spiro atoms. The maximum atomic E-state index is 13.0. The van der Waals surface area contributed by atoms with E-state index in [4.69, 9.17) is 4.74 Å². The molecule has 0 unspecified atom stereocenters. The zero-order valence-corrected chi connectivity index (χ0v) is 16.3. The summed E-state index contributed by atoms with van der Waals surface area (Å²) in [6.07, 6.45) is 0.475. The van der Waals surface area contributed by atoms with Crippen molar-refractivity contribution >= 4 is 23.1 Å². The Morgan fingerprint density at radius 2 is 1.53 bits per heavy atom. The Morgan fingerprint density at radius 3 is 2.20 bits per heavy atom. The average molecular weight is 423 g/mol. The SMILES string of the molecule is O=C(Nc1ccc(F)cc1)c1ccc(Oc2nc(Cc3ccc(F)cc3)ns2)cc1. The molecule has 0 radical (unpaired) electrons. The van der Waals surface area contributed by atoms with Crippen LogP contribution in [0.3, 0.4) is 0 Å². The molecule has 3 aromatic carbocycles. The molecular formula is C22H15F2N3O2S. The molecule has 5 nitrogen and oxygen atoms in total. The predicted octanol–water partition coefficient (Wildman–Crippen LogP) is 5.45. The summed E-state index contributed by atoms with van der Waals surface area (Å²) in [5.41, 5.74) is 1.84. The Morgan fingerprint density at radius 1 is 0.900 bits per heavy atom. The Bertz CT molecular complexity index is 1140. The minimum atomic E-state index is -0.369. The number of hydrogen-bond donors (Lipinski definition) is 1. The van der Waals surface area contributed by atoms with Gasteiger partial charge in [0.25, 0.3) is 11.1 Å². The molecule has 0 bridgehead atoms. The van der Waals surface area contributed by atoms with Crippen molar-refractivity contribution in [2.45, 2.75) is 6.42 Å². The van der Waals surface area contributed by atoms with Gasteiger partial charge < -0.3 is 10.1 Å². The number of aromatic nitrogens is 2. The Kier molecular flexibility index (Phi) is 5.76. The van der Waals surface area contributed by atoms with Crippen LogP contribution in [-0.4, -0.2) is 15.3 Å². The van der Waals surface area contributed by atoms with E-state index in [0.29, 0.717) is 34.4 Å². The fourth-order valence-electron chi connectivity index (χ4n) is 2.65. The van der Waals surface area contributed by atoms with Crippen LogP contribution in [0, 0.1) is 11.6 Å². The Hall–Kier alpha value is -3.65. The number of benzene rings is 3. The second kappa shape index (κ2) is 8.79. The first-order chi connectivity index (χ1) is 14.5. The molecule has 4 rings (SSSR count). The maximum Gasteiger partial charge on any atom is 0.298 e. The van der Waals surface area contributed by atoms with Gasteiger partial charge in [0.2, 0.25) is 0 Å². The predicted molar refractivity (Wildman–Crippen MR) is 110 cm³/mol. The fourth-order valence-corrected chi connectivity index (χ4v) is 3.22. The summed E-state index contributed by atoms with van der Waals surface area (Å²) in [6.45, 7) is 0. The fraction of sp³-hybridized carbons (Fsp3) is 0.0455. The van der Waals surface area contributed by atoms with E-state index in [1.807, 2.05) is 0 Å². The second-order valence-corrected chi connectivity index (χ2v) is 7.08. The van der Waals surface area contributed by atoms with E-state index in [9.17, 15) is 13.6 Å². The van der Waals surface area contributed by atoms with Crippen molar-refractivity contribution in [3.8, 4) is 10.9 Å². The van der Waals surface area contributed by atoms with Crippen molar-refractivity contribution < 1.29 is 18.3 Å². The lowest BCUT2D eigenvalue weighted by Crippen LogP contribution is -2.11. The normalized spacial score (nSPS) is 10.6. The molecule has 1 amide bonds. The maximum absolute atomic E-state index is 13.0. The van der Waals surface area contributed by atoms with Crippen LogP contribution in [0.25, 0.3) is 0 Å². The van der Waals surface area contributed by atoms with Gasteiger partial charge in [-0.05, 0) is 66.2 Å². The summed E-state index contributed by atoms with van der Waals surface area (Å²) in [5.74, 6) is 0.121. The van der Waals surface area contributed by atoms with Crippen molar-refractivity contribution in [3.63, 3.8) is 0 Å². The van der Waals surface area contributed by atoms with Crippen LogP contribution in [0.2, 0.25) is 0 Å². The molecule has 4 aromatic rings. The number of anilines is 1. The van der Waals surface area contributed by atoms with Gasteiger partial charge in [0, 0.05) is 29.2 Å². The summed E-state index contributed by atoms with van der Waals surface area (Å²) in [6, 6.07) is 18.2. The first kappa shape index (κ1) is 19.7. The molecule has 30 heavy (non-hydrogen) atoms. The highest BCUT2D eigenvalue weighted by molar-refractivity contribution is 7.07. The summed E-state index contributed by atoms with van der Waals surface area (Å²) >= 11 is 1.11. The lowest BCUT2D eigenvalue weighted by molar-refractivity contribution is 0.102. The quantitative estimate of drug-likeness (QED) is 0.448. The van der Waals surface area contributed by atoms with Crippen molar-refractivity contribution in [2.75, 3.05) is 5.32 Å². The van der Waals surface area contributed by atoms with Gasteiger partial charge in [-0.25, -0.2) is 8.78 Å². The number of ether oxygens (including phenoxy) is 1. The van der Waals surface area contributed by atoms with E-state index in [1.165, 1.54) is 36.4 Å². The van der Waals surface area contributed by atoms with Crippen molar-refractivity contribution in [3.05, 3.63) is 101 Å². The molecule has 1 N–H and O–H groups in total. The largest absolute Gasteiger partial charge is 0.430 e. The van der Waals surface area contributed by atoms with Crippen molar-refractivity contribution in [1.82, 2.24) is 9.36 Å². The number of rotatable bonds is 6. The van der Waals surface area contributed by atoms with Crippen LogP contribution in [-0.2, 0) is 6.42 Å². The summed E-state index contributed by atoms with van der Waals surface area (Å²) < 4.78 is 35.9. The highest BCUT2D eigenvalue weighted by atomic mass is 32.1. The van der Waals surface area contributed by atoms with Gasteiger partial charge in [-0.3, -0.25) is 4.79 Å². The van der Waals surface area contributed by atoms with Gasteiger partial charge in [0.05, 0.1) is 0 Å². The van der Waals surface area contributed by atoms with E-state index in [2.05, 4.69) is 14.7 Å². The molecule has 1 aromatic heterocycles. The van der Waals surface area contributed by atoms with Crippen molar-refractivity contribution in [2.24, 2.45) is 0 Å². The van der Waals surface area contributed by atoms with Gasteiger partial charge in [-0.15, -0.1) is 0 Å². The molecule has 1 heterocycles. The van der Waals surface area contributed by atoms with Crippen LogP contribution in [0.1, 0.15) is 21.7 Å². The summed E-state index contributed by atoms with van der Waals surface area (Å²) in [4.78, 5) is 16.6. The van der Waals surface area contributed by atoms with Crippen LogP contribution < -0.4 is 10.1 Å². The van der Waals surface area contributed by atoms with Crippen LogP contribution >= 0.6 is 11.5 Å². The lowest BCUT2D eigenvalue weighted by atomic mass is 10.1. The highest BCUT2D eigenvalue weighted by Gasteiger charge is 2.10. The number of carbonyl (C=O) groups is 1. The first-order valence-corrected chi connectivity index (χ1v) is 9.74. The Balaban J connectivity index is 1.36. The zero-order valence-electron chi connectivity index (χ0n) is 15.5. The molecular weight excluding hydrogens is 408 g/mol. The number of nitrogens with zero attached hydrogens (tertiary/aromatic N) is 2. The van der Waals surface area contributed by atoms with Crippen LogP contribution in [0.5, 0.6) is 10.9 Å². The first-order valence-electron chi connectivity index (χ1n) is 8.97. The van der Waals surface area contributed by atoms with E-state index in [1.54, 1.807) is 36.4 Å². The molecule has 0 aliphatic carbocycles. The number of carbonyl (C=O) groups excluding carboxylic acids is 1. The van der Waals surface area contributed by atoms with Gasteiger partial charge >= 0.3 is 0 Å². The monoisotopic (exact) mass is 423 g/mol. The van der Waals surface area contributed by atoms with Gasteiger partial charge in [0.1, 0.15) is 17.4 Å². The number of halogens is 2. The Labute approximate surface area is 175 Å². The molecule has 0 aliphatic heterocycles.